The molecule has 0 saturated carbocycles. The smallest absolute Gasteiger partial charge is 0.416 e. The lowest BCUT2D eigenvalue weighted by Gasteiger charge is -2.36. The molecule has 0 aromatic carbocycles. The van der Waals surface area contributed by atoms with Crippen LogP contribution < -0.4 is 10.6 Å². The van der Waals surface area contributed by atoms with Gasteiger partial charge in [-0.1, -0.05) is 47.3 Å². The van der Waals surface area contributed by atoms with Gasteiger partial charge in [-0.3, -0.25) is 14.5 Å². The SMILES string of the molecule is C=C/C(=C\C(=C/C)C(F)(F)F)N[C@H](C(=O)N1C[C@H](OC(=O)N2CC3=C(C2)C(F)=CCC3)C[C@H]1C(=O)NC(C)(C)C=O)C(C)(C)C.CC.[HH].[HH]. The standard InChI is InChI=1S/C32H42F4N4O5.C2H6.2H2/c1-8-20(32(34,35)36)13-21(9-2)37-26(30(3,4)5)28(43)40-16-22(14-25(40)27(42)38-31(6,7)18-41)45-29(44)39-15-19-11-10-12-24(33)23(19)17-39;1-2;;/h8-9,12-13,18,22,25-26,37H,2,10-11,14-17H2,1,3-7H3,(H,38,42);1-2H3;2*1H/b20-8+,21-13+;;;/t22-,25+,26-;;;/m1.../s1. The van der Waals surface area contributed by atoms with Crippen LogP contribution >= 0.6 is 0 Å². The fraction of sp³-hybridized carbons (Fsp3) is 0.588. The van der Waals surface area contributed by atoms with E-state index in [0.717, 1.165) is 23.8 Å². The lowest BCUT2D eigenvalue weighted by Crippen LogP contribution is -2.58. The minimum Gasteiger partial charge on any atom is -0.444 e. The summed E-state index contributed by atoms with van der Waals surface area (Å²) in [6, 6.07) is -2.30. The first-order valence-corrected chi connectivity index (χ1v) is 15.8. The van der Waals surface area contributed by atoms with E-state index in [1.165, 1.54) is 36.6 Å². The monoisotopic (exact) mass is 672 g/mol. The van der Waals surface area contributed by atoms with Crippen LogP contribution in [0.2, 0.25) is 0 Å². The average Bonchev–Trinajstić information content (AvgIpc) is 3.62. The molecule has 47 heavy (non-hydrogen) atoms. The molecular formula is C34H52F4N4O5. The maximum Gasteiger partial charge on any atom is 0.416 e. The number of hydrogen-bond acceptors (Lipinski definition) is 6. The Labute approximate surface area is 277 Å². The van der Waals surface area contributed by atoms with Crippen LogP contribution in [0.4, 0.5) is 22.4 Å². The van der Waals surface area contributed by atoms with Gasteiger partial charge < -0.3 is 25.1 Å². The number of carbonyl (C=O) groups excluding carboxylic acids is 4. The van der Waals surface area contributed by atoms with Crippen LogP contribution in [0.5, 0.6) is 0 Å². The van der Waals surface area contributed by atoms with Crippen molar-refractivity contribution in [1.29, 1.82) is 0 Å². The number of nitrogens with zero attached hydrogens (tertiary/aromatic N) is 2. The first-order valence-electron chi connectivity index (χ1n) is 15.8. The molecule has 0 radical (unpaired) electrons. The molecule has 3 aliphatic rings. The van der Waals surface area contributed by atoms with E-state index >= 15 is 0 Å². The van der Waals surface area contributed by atoms with E-state index in [4.69, 9.17) is 4.74 Å². The van der Waals surface area contributed by atoms with Gasteiger partial charge in [-0.25, -0.2) is 9.18 Å². The molecule has 3 rings (SSSR count). The molecule has 1 aliphatic carbocycles. The van der Waals surface area contributed by atoms with Crippen molar-refractivity contribution in [3.63, 3.8) is 0 Å². The second-order valence-electron chi connectivity index (χ2n) is 13.1. The molecule has 2 heterocycles. The number of amides is 3. The molecule has 13 heteroatoms. The summed E-state index contributed by atoms with van der Waals surface area (Å²) in [5.41, 5.74) is -1.86. The summed E-state index contributed by atoms with van der Waals surface area (Å²) < 4.78 is 60.4. The van der Waals surface area contributed by atoms with Crippen molar-refractivity contribution >= 4 is 24.2 Å². The van der Waals surface area contributed by atoms with E-state index in [-0.39, 0.29) is 40.4 Å². The minimum absolute atomic E-state index is 0. The third-order valence-corrected chi connectivity index (χ3v) is 7.92. The van der Waals surface area contributed by atoms with E-state index in [0.29, 0.717) is 24.7 Å². The number of ether oxygens (including phenoxy) is 1. The van der Waals surface area contributed by atoms with Crippen LogP contribution in [0.3, 0.4) is 0 Å². The Morgan fingerprint density at radius 1 is 1.13 bits per heavy atom. The van der Waals surface area contributed by atoms with E-state index in [9.17, 15) is 36.7 Å². The molecule has 0 unspecified atom stereocenters. The topological polar surface area (TPSA) is 108 Å². The lowest BCUT2D eigenvalue weighted by atomic mass is 9.85. The molecule has 0 spiro atoms. The maximum absolute atomic E-state index is 14.3. The molecule has 0 aromatic heterocycles. The number of likely N-dealkylation sites (tertiary alicyclic amines) is 1. The molecule has 9 nitrogen and oxygen atoms in total. The zero-order valence-electron chi connectivity index (χ0n) is 28.5. The number of rotatable bonds is 9. The van der Waals surface area contributed by atoms with Gasteiger partial charge in [0.15, 0.2) is 0 Å². The normalized spacial score (nSPS) is 21.2. The molecule has 266 valence electrons. The van der Waals surface area contributed by atoms with Crippen LogP contribution in [0.1, 0.15) is 77.5 Å². The van der Waals surface area contributed by atoms with Gasteiger partial charge in [0.25, 0.3) is 0 Å². The summed E-state index contributed by atoms with van der Waals surface area (Å²) in [7, 11) is 0. The summed E-state index contributed by atoms with van der Waals surface area (Å²) >= 11 is 0. The maximum atomic E-state index is 14.3. The largest absolute Gasteiger partial charge is 0.444 e. The highest BCUT2D eigenvalue weighted by atomic mass is 19.4. The number of aldehydes is 1. The van der Waals surface area contributed by atoms with E-state index in [1.807, 2.05) is 13.8 Å². The van der Waals surface area contributed by atoms with Crippen LogP contribution in [0, 0.1) is 5.41 Å². The lowest BCUT2D eigenvalue weighted by molar-refractivity contribution is -0.142. The first-order chi connectivity index (χ1) is 21.8. The Bertz CT molecular complexity index is 1350. The molecule has 2 aliphatic heterocycles. The third kappa shape index (κ3) is 10.0. The Kier molecular flexibility index (Phi) is 13.2. The molecule has 3 atom stereocenters. The van der Waals surface area contributed by atoms with Crippen LogP contribution in [-0.2, 0) is 19.1 Å². The van der Waals surface area contributed by atoms with Gasteiger partial charge in [-0.15, -0.1) is 0 Å². The summed E-state index contributed by atoms with van der Waals surface area (Å²) in [6.07, 6.45) is -0.295. The molecule has 3 amide bonds. The minimum atomic E-state index is -4.64. The Morgan fingerprint density at radius 2 is 1.77 bits per heavy atom. The zero-order chi connectivity index (χ0) is 35.9. The van der Waals surface area contributed by atoms with E-state index in [1.54, 1.807) is 20.8 Å². The van der Waals surface area contributed by atoms with Gasteiger partial charge >= 0.3 is 12.3 Å². The summed E-state index contributed by atoms with van der Waals surface area (Å²) in [5.74, 6) is -1.65. The predicted octanol–water partition coefficient (Wildman–Crippen LogP) is 6.55. The van der Waals surface area contributed by atoms with Crippen molar-refractivity contribution in [2.45, 2.75) is 105 Å². The average molecular weight is 673 g/mol. The van der Waals surface area contributed by atoms with Crippen molar-refractivity contribution in [3.05, 3.63) is 59.1 Å². The van der Waals surface area contributed by atoms with Gasteiger partial charge in [-0.05, 0) is 62.8 Å². The number of halogens is 4. The van der Waals surface area contributed by atoms with Crippen molar-refractivity contribution < 1.29 is 44.3 Å². The fourth-order valence-electron chi connectivity index (χ4n) is 5.44. The number of carbonyl (C=O) groups is 4. The highest BCUT2D eigenvalue weighted by molar-refractivity contribution is 5.92. The Hall–Kier alpha value is -3.90. The van der Waals surface area contributed by atoms with Crippen molar-refractivity contribution in [3.8, 4) is 0 Å². The van der Waals surface area contributed by atoms with E-state index < -0.39 is 58.8 Å². The second kappa shape index (κ2) is 15.8. The summed E-state index contributed by atoms with van der Waals surface area (Å²) in [5, 5.41) is 5.46. The first kappa shape index (κ1) is 39.3. The molecule has 0 bridgehead atoms. The molecule has 1 saturated heterocycles. The number of hydrogen-bond donors (Lipinski definition) is 2. The molecule has 1 fully saturated rings. The highest BCUT2D eigenvalue weighted by Crippen LogP contribution is 2.34. The van der Waals surface area contributed by atoms with Crippen LogP contribution in [-0.4, -0.2) is 83.5 Å². The summed E-state index contributed by atoms with van der Waals surface area (Å²) in [4.78, 5) is 54.8. The fourth-order valence-corrected chi connectivity index (χ4v) is 5.44. The third-order valence-electron chi connectivity index (χ3n) is 7.92. The second-order valence-corrected chi connectivity index (χ2v) is 13.1. The van der Waals surface area contributed by atoms with Crippen molar-refractivity contribution in [2.24, 2.45) is 5.41 Å². The number of nitrogens with one attached hydrogen (secondary N) is 2. The van der Waals surface area contributed by atoms with Crippen LogP contribution in [0.25, 0.3) is 0 Å². The Balaban J connectivity index is 0.00000565. The molecule has 0 aromatic rings. The van der Waals surface area contributed by atoms with Crippen LogP contribution in [0.15, 0.2) is 59.1 Å². The van der Waals surface area contributed by atoms with Gasteiger partial charge in [0.05, 0.1) is 24.2 Å². The zero-order valence-corrected chi connectivity index (χ0v) is 28.5. The number of alkyl halides is 3. The van der Waals surface area contributed by atoms with E-state index in [2.05, 4.69) is 17.2 Å². The molecular weight excluding hydrogens is 620 g/mol. The van der Waals surface area contributed by atoms with Crippen molar-refractivity contribution in [2.75, 3.05) is 19.6 Å². The van der Waals surface area contributed by atoms with Gasteiger partial charge in [0.2, 0.25) is 11.8 Å². The highest BCUT2D eigenvalue weighted by Gasteiger charge is 2.47. The predicted molar refractivity (Wildman–Crippen MR) is 176 cm³/mol. The number of allylic oxidation sites excluding steroid dienone is 5. The quantitative estimate of drug-likeness (QED) is 0.164. The van der Waals surface area contributed by atoms with Crippen molar-refractivity contribution in [1.82, 2.24) is 20.4 Å². The summed E-state index contributed by atoms with van der Waals surface area (Å²) in [6.45, 7) is 17.0. The molecule has 2 N–H and O–H groups in total. The van der Waals surface area contributed by atoms with Gasteiger partial charge in [0, 0.05) is 27.1 Å². The van der Waals surface area contributed by atoms with Gasteiger partial charge in [0.1, 0.15) is 30.3 Å². The Morgan fingerprint density at radius 3 is 2.28 bits per heavy atom. The van der Waals surface area contributed by atoms with Gasteiger partial charge in [-0.2, -0.15) is 13.2 Å².